The Morgan fingerprint density at radius 2 is 2.30 bits per heavy atom. The number of thioether (sulfide) groups is 2. The van der Waals surface area contributed by atoms with Gasteiger partial charge in [-0.1, -0.05) is 0 Å². The second-order valence-corrected chi connectivity index (χ2v) is 6.53. The van der Waals surface area contributed by atoms with Crippen molar-refractivity contribution in [1.29, 1.82) is 0 Å². The predicted octanol–water partition coefficient (Wildman–Crippen LogP) is -0.179. The smallest absolute Gasteiger partial charge is 0.352 e. The van der Waals surface area contributed by atoms with Gasteiger partial charge in [0, 0.05) is 18.2 Å². The van der Waals surface area contributed by atoms with Gasteiger partial charge >= 0.3 is 11.9 Å². The van der Waals surface area contributed by atoms with Crippen LogP contribution < -0.4 is 5.73 Å². The zero-order chi connectivity index (χ0) is 15.1. The van der Waals surface area contributed by atoms with Gasteiger partial charge in [-0.05, 0) is 6.26 Å². The highest BCUT2D eigenvalue weighted by atomic mass is 32.2. The lowest BCUT2D eigenvalue weighted by Crippen LogP contribution is -2.76. The molecule has 110 valence electrons. The zero-order valence-electron chi connectivity index (χ0n) is 10.9. The molecule has 3 N–H and O–H groups in total. The topological polar surface area (TPSA) is 110 Å². The number of nitrogens with zero attached hydrogens (tertiary/aromatic N) is 1. The van der Waals surface area contributed by atoms with Crippen LogP contribution in [0.5, 0.6) is 0 Å². The molecule has 9 heteroatoms. The van der Waals surface area contributed by atoms with Crippen LogP contribution in [0.25, 0.3) is 0 Å². The first-order valence-electron chi connectivity index (χ1n) is 5.71. The third-order valence-electron chi connectivity index (χ3n) is 3.14. The minimum atomic E-state index is -1.21. The predicted molar refractivity (Wildman–Crippen MR) is 74.8 cm³/mol. The second-order valence-electron chi connectivity index (χ2n) is 4.37. The number of hydrogen-bond acceptors (Lipinski definition) is 7. The van der Waals surface area contributed by atoms with Gasteiger partial charge in [-0.2, -0.15) is 0 Å². The van der Waals surface area contributed by atoms with Crippen molar-refractivity contribution in [2.45, 2.75) is 17.2 Å². The summed E-state index contributed by atoms with van der Waals surface area (Å²) in [7, 11) is 0. The Morgan fingerprint density at radius 3 is 2.80 bits per heavy atom. The lowest BCUT2D eigenvalue weighted by atomic mass is 10.0. The first kappa shape index (κ1) is 15.2. The number of hydrogen-bond donors (Lipinski definition) is 2. The molecule has 0 aromatic heterocycles. The normalized spacial score (nSPS) is 28.9. The van der Waals surface area contributed by atoms with E-state index in [0.29, 0.717) is 11.3 Å². The maximum Gasteiger partial charge on any atom is 0.352 e. The van der Waals surface area contributed by atoms with Crippen LogP contribution in [-0.4, -0.2) is 56.7 Å². The number of amides is 1. The Labute approximate surface area is 123 Å². The van der Waals surface area contributed by atoms with Crippen LogP contribution in [0.15, 0.2) is 11.3 Å². The molecule has 0 saturated carbocycles. The zero-order valence-corrected chi connectivity index (χ0v) is 12.5. The molecule has 0 unspecified atom stereocenters. The fraction of sp³-hybridized carbons (Fsp3) is 0.545. The molecule has 2 atom stereocenters. The van der Waals surface area contributed by atoms with Gasteiger partial charge in [0.15, 0.2) is 4.87 Å². The molecule has 0 bridgehead atoms. The third kappa shape index (κ3) is 2.19. The van der Waals surface area contributed by atoms with E-state index in [9.17, 15) is 19.5 Å². The summed E-state index contributed by atoms with van der Waals surface area (Å²) >= 11 is 2.58. The van der Waals surface area contributed by atoms with Crippen LogP contribution in [0.3, 0.4) is 0 Å². The van der Waals surface area contributed by atoms with Gasteiger partial charge in [0.05, 0.1) is 0 Å². The number of carboxylic acids is 1. The molecule has 0 aliphatic carbocycles. The fourth-order valence-electron chi connectivity index (χ4n) is 2.10. The Morgan fingerprint density at radius 1 is 1.65 bits per heavy atom. The first-order chi connectivity index (χ1) is 9.32. The Hall–Kier alpha value is -1.19. The number of carbonyl (C=O) groups is 3. The third-order valence-corrected chi connectivity index (χ3v) is 5.77. The van der Waals surface area contributed by atoms with E-state index in [1.54, 1.807) is 6.26 Å². The fourth-order valence-corrected chi connectivity index (χ4v) is 4.45. The van der Waals surface area contributed by atoms with Crippen molar-refractivity contribution in [3.8, 4) is 0 Å². The lowest BCUT2D eigenvalue weighted by molar-refractivity contribution is -0.149. The number of carboxylic acid groups (broad SMARTS) is 1. The highest BCUT2D eigenvalue weighted by molar-refractivity contribution is 8.04. The van der Waals surface area contributed by atoms with Crippen LogP contribution in [0.1, 0.15) is 6.92 Å². The number of aliphatic carboxylic acids is 1. The van der Waals surface area contributed by atoms with Crippen LogP contribution in [0, 0.1) is 0 Å². The molecule has 2 aliphatic heterocycles. The number of carbonyl (C=O) groups excluding carboxylic acids is 2. The molecule has 7 nitrogen and oxygen atoms in total. The molecule has 1 amide bonds. The van der Waals surface area contributed by atoms with Gasteiger partial charge in [-0.15, -0.1) is 23.5 Å². The summed E-state index contributed by atoms with van der Waals surface area (Å²) in [5.41, 5.74) is 6.27. The minimum Gasteiger partial charge on any atom is -0.477 e. The van der Waals surface area contributed by atoms with E-state index in [0.717, 1.165) is 0 Å². The Bertz CT molecular complexity index is 521. The van der Waals surface area contributed by atoms with E-state index in [1.165, 1.54) is 35.3 Å². The van der Waals surface area contributed by atoms with Crippen molar-refractivity contribution < 1.29 is 24.2 Å². The van der Waals surface area contributed by atoms with E-state index in [2.05, 4.69) is 0 Å². The molecule has 20 heavy (non-hydrogen) atoms. The first-order valence-corrected chi connectivity index (χ1v) is 7.98. The molecule has 2 rings (SSSR count). The van der Waals surface area contributed by atoms with Crippen molar-refractivity contribution in [3.63, 3.8) is 0 Å². The molecular weight excluding hydrogens is 304 g/mol. The Kier molecular flexibility index (Phi) is 4.03. The summed E-state index contributed by atoms with van der Waals surface area (Å²) in [6, 6.07) is 0. The molecule has 1 saturated heterocycles. The summed E-state index contributed by atoms with van der Waals surface area (Å²) in [4.78, 5) is 34.4. The van der Waals surface area contributed by atoms with Crippen LogP contribution in [-0.2, 0) is 19.1 Å². The van der Waals surface area contributed by atoms with E-state index < -0.39 is 28.1 Å². The van der Waals surface area contributed by atoms with E-state index in [-0.39, 0.29) is 12.3 Å². The monoisotopic (exact) mass is 318 g/mol. The number of nitrogens with two attached hydrogens (primary N) is 1. The van der Waals surface area contributed by atoms with Gasteiger partial charge in [-0.25, -0.2) is 4.79 Å². The highest BCUT2D eigenvalue weighted by Crippen LogP contribution is 2.48. The standard InChI is InChI=1S/C11H14N2O5S2/c1-5(14)18-3-6-4-20-10-11(12,19-2)9(17)13(10)7(6)8(15)16/h10H,3-4,12H2,1-2H3,(H,15,16)/t10-,11+/m1/s1. The lowest BCUT2D eigenvalue weighted by Gasteiger charge is -2.54. The molecule has 0 aromatic carbocycles. The quantitative estimate of drug-likeness (QED) is 0.417. The molecule has 0 radical (unpaired) electrons. The maximum absolute atomic E-state index is 12.1. The number of esters is 1. The largest absolute Gasteiger partial charge is 0.477 e. The summed E-state index contributed by atoms with van der Waals surface area (Å²) in [6.45, 7) is 1.12. The summed E-state index contributed by atoms with van der Waals surface area (Å²) in [6.07, 6.45) is 1.72. The Balaban J connectivity index is 2.31. The average molecular weight is 318 g/mol. The van der Waals surface area contributed by atoms with Crippen molar-refractivity contribution in [2.75, 3.05) is 18.6 Å². The minimum absolute atomic E-state index is 0.116. The van der Waals surface area contributed by atoms with Crippen molar-refractivity contribution in [2.24, 2.45) is 5.73 Å². The summed E-state index contributed by atoms with van der Waals surface area (Å²) in [5, 5.41) is 8.90. The van der Waals surface area contributed by atoms with Gasteiger partial charge in [0.2, 0.25) is 0 Å². The molecule has 2 aliphatic rings. The van der Waals surface area contributed by atoms with Gasteiger partial charge in [0.1, 0.15) is 17.7 Å². The maximum atomic E-state index is 12.1. The number of β-lactam (4-membered cyclic amide) rings is 1. The molecule has 0 aromatic rings. The summed E-state index contributed by atoms with van der Waals surface area (Å²) in [5.74, 6) is -1.78. The van der Waals surface area contributed by atoms with Crippen LogP contribution in [0.4, 0.5) is 0 Å². The average Bonchev–Trinajstić information content (AvgIpc) is 2.42. The molecule has 0 spiro atoms. The van der Waals surface area contributed by atoms with E-state index >= 15 is 0 Å². The van der Waals surface area contributed by atoms with Crippen molar-refractivity contribution >= 4 is 41.4 Å². The van der Waals surface area contributed by atoms with Gasteiger partial charge in [-0.3, -0.25) is 14.5 Å². The van der Waals surface area contributed by atoms with E-state index in [1.807, 2.05) is 0 Å². The van der Waals surface area contributed by atoms with Crippen LogP contribution in [0.2, 0.25) is 0 Å². The van der Waals surface area contributed by atoms with Crippen molar-refractivity contribution in [3.05, 3.63) is 11.3 Å². The van der Waals surface area contributed by atoms with E-state index in [4.69, 9.17) is 10.5 Å². The molecular formula is C11H14N2O5S2. The number of fused-ring (bicyclic) bond motifs is 1. The summed E-state index contributed by atoms with van der Waals surface area (Å²) < 4.78 is 4.84. The molecule has 2 heterocycles. The van der Waals surface area contributed by atoms with Crippen molar-refractivity contribution in [1.82, 2.24) is 4.90 Å². The molecule has 1 fully saturated rings. The number of ether oxygens (including phenoxy) is 1. The highest BCUT2D eigenvalue weighted by Gasteiger charge is 2.62. The number of rotatable bonds is 4. The SMILES string of the molecule is CS[C@@]1(N)C(=O)N2C(C(=O)O)=C(COC(C)=O)CS[C@@H]21. The van der Waals surface area contributed by atoms with Gasteiger partial charge in [0.25, 0.3) is 5.91 Å². The van der Waals surface area contributed by atoms with Crippen LogP contribution >= 0.6 is 23.5 Å². The second kappa shape index (κ2) is 5.30. The van der Waals surface area contributed by atoms with Gasteiger partial charge < -0.3 is 15.6 Å².